The topological polar surface area (TPSA) is 25.8 Å². The molecule has 0 saturated carbocycles. The van der Waals surface area contributed by atoms with Crippen LogP contribution in [0.5, 0.6) is 0 Å². The summed E-state index contributed by atoms with van der Waals surface area (Å²) in [6.45, 7) is 11.4. The fourth-order valence-electron chi connectivity index (χ4n) is 2.62. The van der Waals surface area contributed by atoms with Crippen LogP contribution in [0.15, 0.2) is 12.1 Å². The van der Waals surface area contributed by atoms with Crippen molar-refractivity contribution in [2.24, 2.45) is 0 Å². The molecule has 0 saturated heterocycles. The largest absolute Gasteiger partial charge is 0.173 e. The molecule has 0 bridgehead atoms. The number of fused-ring (bicyclic) bond motifs is 1. The van der Waals surface area contributed by atoms with Crippen molar-refractivity contribution in [2.45, 2.75) is 65.2 Å². The lowest BCUT2D eigenvalue weighted by atomic mass is 9.76. The molecule has 0 radical (unpaired) electrons. The maximum atomic E-state index is 4.59. The van der Waals surface area contributed by atoms with Gasteiger partial charge in [-0.15, -0.1) is 0 Å². The van der Waals surface area contributed by atoms with E-state index in [1.807, 2.05) is 0 Å². The number of nitrogens with zero attached hydrogens (tertiary/aromatic N) is 2. The van der Waals surface area contributed by atoms with E-state index in [4.69, 9.17) is 0 Å². The fourth-order valence-corrected chi connectivity index (χ4v) is 3.20. The minimum absolute atomic E-state index is 0.210. The molecular formula is C16H24N2S. The molecule has 104 valence electrons. The van der Waals surface area contributed by atoms with Gasteiger partial charge in [0, 0.05) is 0 Å². The third-order valence-corrected chi connectivity index (χ3v) is 5.33. The van der Waals surface area contributed by atoms with E-state index in [-0.39, 0.29) is 5.41 Å². The van der Waals surface area contributed by atoms with Gasteiger partial charge in [0.05, 0.1) is 11.7 Å². The average Bonchev–Trinajstić information content (AvgIpc) is 2.93. The van der Waals surface area contributed by atoms with E-state index < -0.39 is 0 Å². The molecule has 1 aromatic carbocycles. The van der Waals surface area contributed by atoms with Gasteiger partial charge >= 0.3 is 0 Å². The molecule has 0 fully saturated rings. The van der Waals surface area contributed by atoms with Crippen molar-refractivity contribution in [3.63, 3.8) is 0 Å². The summed E-state index contributed by atoms with van der Waals surface area (Å²) in [6, 6.07) is 4.56. The molecule has 2 aromatic rings. The molecule has 0 aliphatic carbocycles. The van der Waals surface area contributed by atoms with Crippen molar-refractivity contribution in [2.75, 3.05) is 0 Å². The first kappa shape index (κ1) is 14.4. The summed E-state index contributed by atoms with van der Waals surface area (Å²) < 4.78 is 9.15. The van der Waals surface area contributed by atoms with E-state index >= 15 is 0 Å². The Morgan fingerprint density at radius 2 is 1.74 bits per heavy atom. The highest BCUT2D eigenvalue weighted by molar-refractivity contribution is 7.00. The van der Waals surface area contributed by atoms with Gasteiger partial charge in [0.2, 0.25) is 0 Å². The van der Waals surface area contributed by atoms with Crippen molar-refractivity contribution in [1.82, 2.24) is 8.75 Å². The van der Waals surface area contributed by atoms with Crippen LogP contribution in [0.2, 0.25) is 0 Å². The zero-order valence-corrected chi connectivity index (χ0v) is 13.5. The Kier molecular flexibility index (Phi) is 4.24. The van der Waals surface area contributed by atoms with Crippen LogP contribution in [-0.4, -0.2) is 8.75 Å². The first-order valence-electron chi connectivity index (χ1n) is 7.33. The van der Waals surface area contributed by atoms with Crippen LogP contribution in [0.1, 0.15) is 70.9 Å². The molecular weight excluding hydrogens is 252 g/mol. The van der Waals surface area contributed by atoms with Gasteiger partial charge in [0.15, 0.2) is 0 Å². The SMILES string of the molecule is CCC(C)c1ccc(C(C)(CC)CC)c2nsnc12. The molecule has 19 heavy (non-hydrogen) atoms. The third kappa shape index (κ3) is 2.40. The van der Waals surface area contributed by atoms with Gasteiger partial charge < -0.3 is 0 Å². The van der Waals surface area contributed by atoms with Crippen LogP contribution in [0.4, 0.5) is 0 Å². The smallest absolute Gasteiger partial charge is 0.108 e. The Morgan fingerprint density at radius 1 is 1.11 bits per heavy atom. The summed E-state index contributed by atoms with van der Waals surface area (Å²) in [7, 11) is 0. The highest BCUT2D eigenvalue weighted by Gasteiger charge is 2.27. The molecule has 1 atom stereocenters. The summed E-state index contributed by atoms with van der Waals surface area (Å²) >= 11 is 1.35. The van der Waals surface area contributed by atoms with E-state index in [9.17, 15) is 0 Å². The van der Waals surface area contributed by atoms with E-state index in [2.05, 4.69) is 55.5 Å². The Balaban J connectivity index is 2.64. The second kappa shape index (κ2) is 5.58. The molecule has 1 heterocycles. The quantitative estimate of drug-likeness (QED) is 0.742. The number of benzene rings is 1. The number of aromatic nitrogens is 2. The molecule has 0 N–H and O–H groups in total. The summed E-state index contributed by atoms with van der Waals surface area (Å²) in [4.78, 5) is 0. The lowest BCUT2D eigenvalue weighted by molar-refractivity contribution is 0.442. The normalized spacial score (nSPS) is 13.9. The molecule has 1 unspecified atom stereocenters. The predicted octanol–water partition coefficient (Wildman–Crippen LogP) is 5.28. The van der Waals surface area contributed by atoms with E-state index in [1.54, 1.807) is 0 Å². The second-order valence-corrected chi connectivity index (χ2v) is 6.27. The molecule has 0 spiro atoms. The molecule has 0 amide bonds. The van der Waals surface area contributed by atoms with Gasteiger partial charge in [-0.2, -0.15) is 8.75 Å². The molecule has 1 aromatic heterocycles. The van der Waals surface area contributed by atoms with E-state index in [1.165, 1.54) is 22.9 Å². The third-order valence-electron chi connectivity index (χ3n) is 4.80. The van der Waals surface area contributed by atoms with Crippen LogP contribution >= 0.6 is 11.7 Å². The molecule has 2 nitrogen and oxygen atoms in total. The summed E-state index contributed by atoms with van der Waals surface area (Å²) in [5.74, 6) is 0.551. The van der Waals surface area contributed by atoms with Crippen molar-refractivity contribution in [3.05, 3.63) is 23.3 Å². The summed E-state index contributed by atoms with van der Waals surface area (Å²) in [5, 5.41) is 0. The fraction of sp³-hybridized carbons (Fsp3) is 0.625. The Bertz CT molecular complexity index is 555. The lowest BCUT2D eigenvalue weighted by Crippen LogP contribution is -2.20. The van der Waals surface area contributed by atoms with Crippen LogP contribution < -0.4 is 0 Å². The highest BCUT2D eigenvalue weighted by Crippen LogP contribution is 2.38. The van der Waals surface area contributed by atoms with Crippen molar-refractivity contribution in [1.29, 1.82) is 0 Å². The Morgan fingerprint density at radius 3 is 2.32 bits per heavy atom. The van der Waals surface area contributed by atoms with Crippen molar-refractivity contribution in [3.8, 4) is 0 Å². The first-order chi connectivity index (χ1) is 9.07. The number of rotatable bonds is 5. The molecule has 2 rings (SSSR count). The molecule has 0 aliphatic heterocycles. The van der Waals surface area contributed by atoms with Crippen molar-refractivity contribution < 1.29 is 0 Å². The van der Waals surface area contributed by atoms with Crippen LogP contribution in [0.25, 0.3) is 11.0 Å². The average molecular weight is 276 g/mol. The minimum atomic E-state index is 0.210. The maximum Gasteiger partial charge on any atom is 0.108 e. The zero-order chi connectivity index (χ0) is 14.0. The van der Waals surface area contributed by atoms with Crippen LogP contribution in [0.3, 0.4) is 0 Å². The zero-order valence-electron chi connectivity index (χ0n) is 12.7. The van der Waals surface area contributed by atoms with Crippen LogP contribution in [0, 0.1) is 0 Å². The predicted molar refractivity (Wildman–Crippen MR) is 84.1 cm³/mol. The number of hydrogen-bond donors (Lipinski definition) is 0. The van der Waals surface area contributed by atoms with Gasteiger partial charge in [-0.1, -0.05) is 46.8 Å². The summed E-state index contributed by atoms with van der Waals surface area (Å²) in [5.41, 5.74) is 5.19. The highest BCUT2D eigenvalue weighted by atomic mass is 32.1. The van der Waals surface area contributed by atoms with Gasteiger partial charge in [0.25, 0.3) is 0 Å². The monoisotopic (exact) mass is 276 g/mol. The van der Waals surface area contributed by atoms with E-state index in [0.717, 1.165) is 30.3 Å². The van der Waals surface area contributed by atoms with Gasteiger partial charge in [0.1, 0.15) is 11.0 Å². The second-order valence-electron chi connectivity index (χ2n) is 5.74. The molecule has 3 heteroatoms. The van der Waals surface area contributed by atoms with Gasteiger partial charge in [-0.25, -0.2) is 0 Å². The summed E-state index contributed by atoms with van der Waals surface area (Å²) in [6.07, 6.45) is 3.42. The lowest BCUT2D eigenvalue weighted by Gasteiger charge is -2.28. The standard InChI is InChI=1S/C16H24N2S/c1-6-11(4)12-9-10-13(16(5,7-2)8-3)15-14(12)17-19-18-15/h9-11H,6-8H2,1-5H3. The van der Waals surface area contributed by atoms with Crippen LogP contribution in [-0.2, 0) is 5.41 Å². The Hall–Kier alpha value is -0.960. The minimum Gasteiger partial charge on any atom is -0.173 e. The van der Waals surface area contributed by atoms with E-state index in [0.29, 0.717) is 5.92 Å². The van der Waals surface area contributed by atoms with Gasteiger partial charge in [-0.3, -0.25) is 0 Å². The molecule has 0 aliphatic rings. The first-order valence-corrected chi connectivity index (χ1v) is 8.06. The van der Waals surface area contributed by atoms with Gasteiger partial charge in [-0.05, 0) is 41.7 Å². The van der Waals surface area contributed by atoms with Crippen molar-refractivity contribution >= 4 is 22.8 Å². The maximum absolute atomic E-state index is 4.59. The Labute approximate surface area is 120 Å². The number of hydrogen-bond acceptors (Lipinski definition) is 3.